The summed E-state index contributed by atoms with van der Waals surface area (Å²) in [6.45, 7) is 0.876. The Kier molecular flexibility index (Phi) is 7.65. The standard InChI is InChI=1S/C33H28F2N2O3S/c1-39-24-15-16-28-27(19-24)25-17-18-37(32(38)26-9-5-6-10-29(26)41-33(34)35)31(30(25)36-28)22-11-13-23(14-12-22)40-20-21-7-3-2-4-8-21/h2-16,19,31,33,36H,17-18,20H2,1H3. The number of benzene rings is 4. The fourth-order valence-electron chi connectivity index (χ4n) is 5.44. The van der Waals surface area contributed by atoms with Crippen LogP contribution in [0.2, 0.25) is 0 Å². The molecule has 6 rings (SSSR count). The largest absolute Gasteiger partial charge is 0.497 e. The molecule has 0 spiro atoms. The molecule has 8 heteroatoms. The highest BCUT2D eigenvalue weighted by Crippen LogP contribution is 2.41. The van der Waals surface area contributed by atoms with Crippen molar-refractivity contribution in [3.63, 3.8) is 0 Å². The minimum absolute atomic E-state index is 0.267. The van der Waals surface area contributed by atoms with E-state index in [9.17, 15) is 13.6 Å². The predicted octanol–water partition coefficient (Wildman–Crippen LogP) is 7.86. The van der Waals surface area contributed by atoms with E-state index < -0.39 is 11.8 Å². The summed E-state index contributed by atoms with van der Waals surface area (Å²) >= 11 is 0.394. The van der Waals surface area contributed by atoms with Gasteiger partial charge in [-0.05, 0) is 65.6 Å². The van der Waals surface area contributed by atoms with Gasteiger partial charge in [-0.2, -0.15) is 8.78 Å². The third-order valence-electron chi connectivity index (χ3n) is 7.37. The molecule has 208 valence electrons. The Balaban J connectivity index is 1.38. The van der Waals surface area contributed by atoms with E-state index in [-0.39, 0.29) is 16.4 Å². The molecule has 0 fully saturated rings. The fraction of sp³-hybridized carbons (Fsp3) is 0.182. The molecule has 1 amide bonds. The van der Waals surface area contributed by atoms with E-state index in [1.54, 1.807) is 36.3 Å². The monoisotopic (exact) mass is 570 g/mol. The minimum Gasteiger partial charge on any atom is -0.497 e. The second-order valence-electron chi connectivity index (χ2n) is 9.80. The Morgan fingerprint density at radius 3 is 2.46 bits per heavy atom. The van der Waals surface area contributed by atoms with Crippen molar-refractivity contribution in [3.8, 4) is 11.5 Å². The molecule has 0 saturated heterocycles. The molecule has 0 radical (unpaired) electrons. The molecule has 1 aromatic heterocycles. The van der Waals surface area contributed by atoms with Gasteiger partial charge >= 0.3 is 0 Å². The van der Waals surface area contributed by atoms with Crippen LogP contribution < -0.4 is 9.47 Å². The lowest BCUT2D eigenvalue weighted by atomic mass is 9.91. The molecule has 1 aliphatic rings. The topological polar surface area (TPSA) is 54.6 Å². The molecular weight excluding hydrogens is 542 g/mol. The van der Waals surface area contributed by atoms with Gasteiger partial charge in [-0.3, -0.25) is 4.79 Å². The normalized spacial score (nSPS) is 14.7. The number of aromatic amines is 1. The first kappa shape index (κ1) is 26.9. The summed E-state index contributed by atoms with van der Waals surface area (Å²) in [4.78, 5) is 19.6. The van der Waals surface area contributed by atoms with Crippen LogP contribution in [0.3, 0.4) is 0 Å². The van der Waals surface area contributed by atoms with Crippen molar-refractivity contribution in [2.75, 3.05) is 13.7 Å². The first-order chi connectivity index (χ1) is 20.0. The molecular formula is C33H28F2N2O3S. The van der Waals surface area contributed by atoms with E-state index in [1.165, 1.54) is 0 Å². The molecule has 41 heavy (non-hydrogen) atoms. The van der Waals surface area contributed by atoms with E-state index in [4.69, 9.17) is 9.47 Å². The third-order valence-corrected chi connectivity index (χ3v) is 8.16. The van der Waals surface area contributed by atoms with Gasteiger partial charge in [0.05, 0.1) is 18.7 Å². The number of carbonyl (C=O) groups is 1. The Labute approximate surface area is 241 Å². The maximum Gasteiger partial charge on any atom is 0.288 e. The van der Waals surface area contributed by atoms with Gasteiger partial charge in [0.15, 0.2) is 0 Å². The Hall–Kier alpha value is -4.30. The number of halogens is 2. The molecule has 5 nitrogen and oxygen atoms in total. The van der Waals surface area contributed by atoms with E-state index in [1.807, 2.05) is 72.8 Å². The summed E-state index contributed by atoms with van der Waals surface area (Å²) in [6.07, 6.45) is 0.618. The number of carbonyl (C=O) groups excluding carboxylic acids is 1. The molecule has 1 aliphatic heterocycles. The van der Waals surface area contributed by atoms with Gasteiger partial charge in [0.25, 0.3) is 11.7 Å². The highest BCUT2D eigenvalue weighted by atomic mass is 32.2. The summed E-state index contributed by atoms with van der Waals surface area (Å²) in [6, 6.07) is 29.7. The maximum absolute atomic E-state index is 14.0. The van der Waals surface area contributed by atoms with Crippen molar-refractivity contribution < 1.29 is 23.0 Å². The molecule has 2 heterocycles. The SMILES string of the molecule is COc1ccc2[nH]c3c(c2c1)CCN(C(=O)c1ccccc1SC(F)F)C3c1ccc(OCc2ccccc2)cc1. The van der Waals surface area contributed by atoms with Gasteiger partial charge in [-0.15, -0.1) is 0 Å². The van der Waals surface area contributed by atoms with Crippen LogP contribution in [0.5, 0.6) is 11.5 Å². The third kappa shape index (κ3) is 5.52. The molecule has 1 unspecified atom stereocenters. The van der Waals surface area contributed by atoms with Crippen molar-refractivity contribution >= 4 is 28.6 Å². The molecule has 0 saturated carbocycles. The number of nitrogens with one attached hydrogen (secondary N) is 1. The van der Waals surface area contributed by atoms with Crippen molar-refractivity contribution in [3.05, 3.63) is 125 Å². The maximum atomic E-state index is 14.0. The summed E-state index contributed by atoms with van der Waals surface area (Å²) in [5.41, 5.74) is 5.21. The number of H-pyrrole nitrogens is 1. The number of alkyl halides is 2. The smallest absolute Gasteiger partial charge is 0.288 e. The van der Waals surface area contributed by atoms with Crippen LogP contribution in [0.1, 0.15) is 38.8 Å². The fourth-order valence-corrected chi connectivity index (χ4v) is 6.08. The Morgan fingerprint density at radius 1 is 0.976 bits per heavy atom. The van der Waals surface area contributed by atoms with E-state index in [0.29, 0.717) is 37.1 Å². The number of fused-ring (bicyclic) bond motifs is 3. The van der Waals surface area contributed by atoms with Gasteiger partial charge in [0, 0.05) is 28.0 Å². The number of hydrogen-bond acceptors (Lipinski definition) is 4. The first-order valence-corrected chi connectivity index (χ1v) is 14.2. The van der Waals surface area contributed by atoms with Gasteiger partial charge in [0.2, 0.25) is 0 Å². The number of ether oxygens (including phenoxy) is 2. The van der Waals surface area contributed by atoms with Gasteiger partial charge < -0.3 is 19.4 Å². The second-order valence-corrected chi connectivity index (χ2v) is 10.8. The van der Waals surface area contributed by atoms with Crippen molar-refractivity contribution in [2.24, 2.45) is 0 Å². The van der Waals surface area contributed by atoms with E-state index in [0.717, 1.165) is 39.0 Å². The molecule has 0 bridgehead atoms. The van der Waals surface area contributed by atoms with Crippen LogP contribution in [-0.2, 0) is 13.0 Å². The Bertz CT molecular complexity index is 1670. The van der Waals surface area contributed by atoms with Gasteiger partial charge in [-0.25, -0.2) is 0 Å². The minimum atomic E-state index is -2.63. The summed E-state index contributed by atoms with van der Waals surface area (Å²) in [5.74, 6) is -1.44. The average molecular weight is 571 g/mol. The zero-order valence-electron chi connectivity index (χ0n) is 22.3. The summed E-state index contributed by atoms with van der Waals surface area (Å²) in [5, 5.41) is 1.05. The van der Waals surface area contributed by atoms with E-state index >= 15 is 0 Å². The first-order valence-electron chi connectivity index (χ1n) is 13.3. The number of amides is 1. The highest BCUT2D eigenvalue weighted by molar-refractivity contribution is 7.99. The van der Waals surface area contributed by atoms with Gasteiger partial charge in [-0.1, -0.05) is 66.4 Å². The van der Waals surface area contributed by atoms with Crippen molar-refractivity contribution in [2.45, 2.75) is 29.7 Å². The lowest BCUT2D eigenvalue weighted by Gasteiger charge is -2.36. The highest BCUT2D eigenvalue weighted by Gasteiger charge is 2.36. The number of thioether (sulfide) groups is 1. The lowest BCUT2D eigenvalue weighted by Crippen LogP contribution is -2.40. The zero-order valence-corrected chi connectivity index (χ0v) is 23.2. The molecule has 0 aliphatic carbocycles. The van der Waals surface area contributed by atoms with Crippen LogP contribution in [-0.4, -0.2) is 35.2 Å². The summed E-state index contributed by atoms with van der Waals surface area (Å²) < 4.78 is 38.2. The van der Waals surface area contributed by atoms with Crippen LogP contribution in [0, 0.1) is 0 Å². The zero-order chi connectivity index (χ0) is 28.3. The van der Waals surface area contributed by atoms with Crippen LogP contribution >= 0.6 is 11.8 Å². The summed E-state index contributed by atoms with van der Waals surface area (Å²) in [7, 11) is 1.64. The second kappa shape index (κ2) is 11.7. The van der Waals surface area contributed by atoms with Crippen molar-refractivity contribution in [1.82, 2.24) is 9.88 Å². The van der Waals surface area contributed by atoms with Crippen LogP contribution in [0.25, 0.3) is 10.9 Å². The number of hydrogen-bond donors (Lipinski definition) is 1. The molecule has 1 atom stereocenters. The molecule has 1 N–H and O–H groups in total. The van der Waals surface area contributed by atoms with Gasteiger partial charge in [0.1, 0.15) is 18.1 Å². The molecule has 5 aromatic rings. The number of rotatable bonds is 8. The van der Waals surface area contributed by atoms with Crippen LogP contribution in [0.15, 0.2) is 102 Å². The number of nitrogens with zero attached hydrogens (tertiary/aromatic N) is 1. The van der Waals surface area contributed by atoms with E-state index in [2.05, 4.69) is 4.98 Å². The van der Waals surface area contributed by atoms with Crippen LogP contribution in [0.4, 0.5) is 8.78 Å². The Morgan fingerprint density at radius 2 is 1.71 bits per heavy atom. The van der Waals surface area contributed by atoms with Crippen molar-refractivity contribution in [1.29, 1.82) is 0 Å². The number of aromatic nitrogens is 1. The molecule has 4 aromatic carbocycles. The predicted molar refractivity (Wildman–Crippen MR) is 157 cm³/mol. The lowest BCUT2D eigenvalue weighted by molar-refractivity contribution is 0.0688. The average Bonchev–Trinajstić information content (AvgIpc) is 3.38. The number of methoxy groups -OCH3 is 1. The quantitative estimate of drug-likeness (QED) is 0.193.